The van der Waals surface area contributed by atoms with E-state index in [2.05, 4.69) is 5.32 Å². The van der Waals surface area contributed by atoms with Crippen LogP contribution in [-0.4, -0.2) is 23.1 Å². The van der Waals surface area contributed by atoms with Gasteiger partial charge < -0.3 is 15.2 Å². The zero-order chi connectivity index (χ0) is 16.1. The number of benzene rings is 2. The maximum atomic E-state index is 11.4. The summed E-state index contributed by atoms with van der Waals surface area (Å²) < 4.78 is 5.09. The fourth-order valence-electron chi connectivity index (χ4n) is 2.00. The number of anilines is 1. The molecular formula is C15H14N2O5. The average Bonchev–Trinajstić information content (AvgIpc) is 2.52. The molecule has 0 fully saturated rings. The van der Waals surface area contributed by atoms with Crippen LogP contribution in [0.15, 0.2) is 42.5 Å². The molecule has 0 aliphatic carbocycles. The first-order valence-electron chi connectivity index (χ1n) is 6.40. The number of nitrogens with one attached hydrogen (secondary N) is 1. The third kappa shape index (κ3) is 3.32. The summed E-state index contributed by atoms with van der Waals surface area (Å²) in [5, 5.41) is 23.1. The van der Waals surface area contributed by atoms with Crippen LogP contribution in [0.2, 0.25) is 0 Å². The van der Waals surface area contributed by atoms with E-state index in [1.54, 1.807) is 0 Å². The van der Waals surface area contributed by atoms with Crippen LogP contribution in [0.5, 0.6) is 5.75 Å². The largest absolute Gasteiger partial charge is 0.494 e. The number of carbonyl (C=O) groups is 1. The summed E-state index contributed by atoms with van der Waals surface area (Å²) in [6.07, 6.45) is 0. The lowest BCUT2D eigenvalue weighted by Gasteiger charge is -2.14. The van der Waals surface area contributed by atoms with Crippen LogP contribution in [-0.2, 0) is 6.54 Å². The Balaban J connectivity index is 2.39. The first kappa shape index (κ1) is 15.3. The third-order valence-corrected chi connectivity index (χ3v) is 3.06. The van der Waals surface area contributed by atoms with E-state index in [0.717, 1.165) is 11.6 Å². The number of methoxy groups -OCH3 is 1. The van der Waals surface area contributed by atoms with Gasteiger partial charge in [-0.3, -0.25) is 10.1 Å². The highest BCUT2D eigenvalue weighted by molar-refractivity contribution is 5.97. The van der Waals surface area contributed by atoms with Crippen molar-refractivity contribution >= 4 is 17.3 Å². The lowest BCUT2D eigenvalue weighted by atomic mass is 10.1. The molecule has 7 heteroatoms. The van der Waals surface area contributed by atoms with Crippen LogP contribution < -0.4 is 10.1 Å². The van der Waals surface area contributed by atoms with Crippen LogP contribution in [0.25, 0.3) is 0 Å². The Labute approximate surface area is 126 Å². The number of nitrogens with zero attached hydrogens (tertiary/aromatic N) is 1. The molecule has 0 saturated carbocycles. The predicted molar refractivity (Wildman–Crippen MR) is 80.4 cm³/mol. The minimum Gasteiger partial charge on any atom is -0.494 e. The van der Waals surface area contributed by atoms with Crippen LogP contribution >= 0.6 is 0 Å². The third-order valence-electron chi connectivity index (χ3n) is 3.06. The van der Waals surface area contributed by atoms with Crippen LogP contribution in [0.1, 0.15) is 15.9 Å². The first-order valence-corrected chi connectivity index (χ1v) is 6.40. The quantitative estimate of drug-likeness (QED) is 0.628. The summed E-state index contributed by atoms with van der Waals surface area (Å²) in [6.45, 7) is 0.370. The van der Waals surface area contributed by atoms with Gasteiger partial charge in [0.25, 0.3) is 5.69 Å². The van der Waals surface area contributed by atoms with Gasteiger partial charge in [-0.15, -0.1) is 0 Å². The van der Waals surface area contributed by atoms with E-state index >= 15 is 0 Å². The second-order valence-corrected chi connectivity index (χ2v) is 4.47. The second-order valence-electron chi connectivity index (χ2n) is 4.47. The van der Waals surface area contributed by atoms with Crippen molar-refractivity contribution < 1.29 is 19.6 Å². The van der Waals surface area contributed by atoms with Gasteiger partial charge >= 0.3 is 5.97 Å². The molecule has 0 saturated heterocycles. The molecule has 0 aliphatic rings. The first-order chi connectivity index (χ1) is 10.5. The Morgan fingerprint density at radius 1 is 1.32 bits per heavy atom. The maximum absolute atomic E-state index is 11.4. The molecule has 0 bridgehead atoms. The Morgan fingerprint density at radius 3 is 2.55 bits per heavy atom. The smallest absolute Gasteiger partial charge is 0.338 e. The fourth-order valence-corrected chi connectivity index (χ4v) is 2.00. The Kier molecular flexibility index (Phi) is 4.57. The van der Waals surface area contributed by atoms with Crippen LogP contribution in [0.4, 0.5) is 11.4 Å². The molecule has 0 radical (unpaired) electrons. The van der Waals surface area contributed by atoms with Gasteiger partial charge in [-0.1, -0.05) is 30.3 Å². The number of nitro groups is 1. The van der Waals surface area contributed by atoms with Crippen molar-refractivity contribution in [2.24, 2.45) is 0 Å². The Morgan fingerprint density at radius 2 is 2.00 bits per heavy atom. The summed E-state index contributed by atoms with van der Waals surface area (Å²) in [5.41, 5.74) is 0.616. The van der Waals surface area contributed by atoms with E-state index in [-0.39, 0.29) is 22.7 Å². The topological polar surface area (TPSA) is 102 Å². The summed E-state index contributed by atoms with van der Waals surface area (Å²) in [5.74, 6) is -1.15. The van der Waals surface area contributed by atoms with Gasteiger partial charge in [-0.2, -0.15) is 0 Å². The molecule has 2 N–H and O–H groups in total. The molecule has 0 aromatic heterocycles. The lowest BCUT2D eigenvalue weighted by molar-refractivity contribution is -0.384. The number of aromatic carboxylic acids is 1. The molecule has 114 valence electrons. The highest BCUT2D eigenvalue weighted by Crippen LogP contribution is 2.34. The van der Waals surface area contributed by atoms with Crippen molar-refractivity contribution in [2.45, 2.75) is 6.54 Å². The number of hydrogen-bond acceptors (Lipinski definition) is 5. The van der Waals surface area contributed by atoms with Crippen LogP contribution in [0.3, 0.4) is 0 Å². The molecular weight excluding hydrogens is 288 g/mol. The number of hydrogen-bond donors (Lipinski definition) is 2. The van der Waals surface area contributed by atoms with Gasteiger partial charge in [0.2, 0.25) is 0 Å². The molecule has 0 aliphatic heterocycles. The molecule has 7 nitrogen and oxygen atoms in total. The highest BCUT2D eigenvalue weighted by Gasteiger charge is 2.21. The van der Waals surface area contributed by atoms with Gasteiger partial charge in [0, 0.05) is 12.6 Å². The second kappa shape index (κ2) is 6.57. The molecule has 0 spiro atoms. The summed E-state index contributed by atoms with van der Waals surface area (Å²) in [6, 6.07) is 11.6. The van der Waals surface area contributed by atoms with E-state index in [9.17, 15) is 20.0 Å². The van der Waals surface area contributed by atoms with Gasteiger partial charge in [0.05, 0.1) is 29.4 Å². The van der Waals surface area contributed by atoms with E-state index in [1.165, 1.54) is 13.2 Å². The highest BCUT2D eigenvalue weighted by atomic mass is 16.6. The predicted octanol–water partition coefficient (Wildman–Crippen LogP) is 2.91. The van der Waals surface area contributed by atoms with Gasteiger partial charge in [-0.05, 0) is 5.56 Å². The molecule has 0 heterocycles. The molecule has 22 heavy (non-hydrogen) atoms. The molecule has 2 rings (SSSR count). The summed E-state index contributed by atoms with van der Waals surface area (Å²) in [7, 11) is 1.33. The zero-order valence-electron chi connectivity index (χ0n) is 11.8. The standard InChI is InChI=1S/C15H14N2O5/c1-22-13-8-11(17(20)21)7-12(15(18)19)14(13)16-9-10-5-3-2-4-6-10/h2-8,16H,9H2,1H3,(H,18,19). The van der Waals surface area contributed by atoms with Gasteiger partial charge in [0.1, 0.15) is 5.75 Å². The van der Waals surface area contributed by atoms with Crippen molar-refractivity contribution in [1.29, 1.82) is 0 Å². The van der Waals surface area contributed by atoms with Gasteiger partial charge in [0.15, 0.2) is 0 Å². The number of non-ortho nitro benzene ring substituents is 1. The monoisotopic (exact) mass is 302 g/mol. The SMILES string of the molecule is COc1cc([N+](=O)[O-])cc(C(=O)O)c1NCc1ccccc1. The van der Waals surface area contributed by atoms with E-state index in [0.29, 0.717) is 6.54 Å². The number of carboxylic acids is 1. The Bertz CT molecular complexity index is 701. The van der Waals surface area contributed by atoms with Crippen molar-refractivity contribution in [3.05, 3.63) is 63.7 Å². The number of carboxylic acid groups (broad SMARTS) is 1. The zero-order valence-corrected chi connectivity index (χ0v) is 11.8. The maximum Gasteiger partial charge on any atom is 0.338 e. The molecule has 0 atom stereocenters. The fraction of sp³-hybridized carbons (Fsp3) is 0.133. The van der Waals surface area contributed by atoms with E-state index < -0.39 is 10.9 Å². The molecule has 2 aromatic carbocycles. The molecule has 0 unspecified atom stereocenters. The lowest BCUT2D eigenvalue weighted by Crippen LogP contribution is -2.09. The average molecular weight is 302 g/mol. The number of ether oxygens (including phenoxy) is 1. The van der Waals surface area contributed by atoms with Crippen molar-refractivity contribution in [1.82, 2.24) is 0 Å². The minimum atomic E-state index is -1.27. The number of nitro benzene ring substituents is 1. The normalized spacial score (nSPS) is 10.0. The van der Waals surface area contributed by atoms with E-state index in [1.807, 2.05) is 30.3 Å². The van der Waals surface area contributed by atoms with Crippen molar-refractivity contribution in [3.8, 4) is 5.75 Å². The van der Waals surface area contributed by atoms with Crippen molar-refractivity contribution in [3.63, 3.8) is 0 Å². The summed E-state index contributed by atoms with van der Waals surface area (Å²) in [4.78, 5) is 21.6. The Hall–Kier alpha value is -3.09. The van der Waals surface area contributed by atoms with Crippen LogP contribution in [0, 0.1) is 10.1 Å². The molecule has 0 amide bonds. The minimum absolute atomic E-state index is 0.113. The summed E-state index contributed by atoms with van der Waals surface area (Å²) >= 11 is 0. The van der Waals surface area contributed by atoms with Crippen molar-refractivity contribution in [2.75, 3.05) is 12.4 Å². The van der Waals surface area contributed by atoms with E-state index in [4.69, 9.17) is 4.74 Å². The molecule has 2 aromatic rings. The van der Waals surface area contributed by atoms with Gasteiger partial charge in [-0.25, -0.2) is 4.79 Å². The number of rotatable bonds is 6.